The van der Waals surface area contributed by atoms with Gasteiger partial charge in [-0.1, -0.05) is 13.2 Å². The van der Waals surface area contributed by atoms with Gasteiger partial charge in [0.1, 0.15) is 0 Å². The molecule has 0 atom stereocenters. The number of hydrogen-bond donors (Lipinski definition) is 0. The highest BCUT2D eigenvalue weighted by Gasteiger charge is 1.98. The van der Waals surface area contributed by atoms with Gasteiger partial charge >= 0.3 is 5.97 Å². The molecular weight excluding hydrogens is 144 g/mol. The summed E-state index contributed by atoms with van der Waals surface area (Å²) >= 11 is 0. The Morgan fingerprint density at radius 1 is 1.27 bits per heavy atom. The number of allylic oxidation sites excluding steroid dienone is 1. The first-order valence-electron chi connectivity index (χ1n) is 3.15. The average molecular weight is 154 g/mol. The number of ether oxygens (including phenoxy) is 1. The van der Waals surface area contributed by atoms with Crippen molar-refractivity contribution in [3.05, 3.63) is 25.3 Å². The molecule has 0 spiro atoms. The zero-order valence-corrected chi connectivity index (χ0v) is 6.21. The Morgan fingerprint density at radius 2 is 1.91 bits per heavy atom. The van der Waals surface area contributed by atoms with E-state index >= 15 is 0 Å². The van der Waals surface area contributed by atoms with Gasteiger partial charge in [0, 0.05) is 12.5 Å². The SMILES string of the molecule is C=CC(=O)CCOC(=O)C=C. The highest BCUT2D eigenvalue weighted by atomic mass is 16.5. The van der Waals surface area contributed by atoms with Crippen LogP contribution in [-0.4, -0.2) is 18.4 Å². The first-order chi connectivity index (χ1) is 5.20. The van der Waals surface area contributed by atoms with Crippen LogP contribution in [0.2, 0.25) is 0 Å². The lowest BCUT2D eigenvalue weighted by Gasteiger charge is -1.97. The summed E-state index contributed by atoms with van der Waals surface area (Å²) in [5, 5.41) is 0. The van der Waals surface area contributed by atoms with Gasteiger partial charge in [0.05, 0.1) is 6.61 Å². The molecule has 0 aliphatic heterocycles. The summed E-state index contributed by atoms with van der Waals surface area (Å²) in [5.41, 5.74) is 0. The van der Waals surface area contributed by atoms with E-state index < -0.39 is 5.97 Å². The van der Waals surface area contributed by atoms with Crippen molar-refractivity contribution in [3.63, 3.8) is 0 Å². The lowest BCUT2D eigenvalue weighted by molar-refractivity contribution is -0.138. The second-order valence-electron chi connectivity index (χ2n) is 1.79. The number of carbonyl (C=O) groups excluding carboxylic acids is 2. The number of esters is 1. The van der Waals surface area contributed by atoms with E-state index in [9.17, 15) is 9.59 Å². The molecule has 0 N–H and O–H groups in total. The quantitative estimate of drug-likeness (QED) is 0.435. The molecule has 0 radical (unpaired) electrons. The maximum Gasteiger partial charge on any atom is 0.330 e. The van der Waals surface area contributed by atoms with Gasteiger partial charge in [-0.3, -0.25) is 4.79 Å². The summed E-state index contributed by atoms with van der Waals surface area (Å²) < 4.78 is 4.54. The van der Waals surface area contributed by atoms with Crippen LogP contribution in [0.25, 0.3) is 0 Å². The van der Waals surface area contributed by atoms with E-state index in [2.05, 4.69) is 17.9 Å². The van der Waals surface area contributed by atoms with Crippen LogP contribution < -0.4 is 0 Å². The minimum atomic E-state index is -0.512. The molecule has 0 aromatic heterocycles. The fraction of sp³-hybridized carbons (Fsp3) is 0.250. The molecule has 0 unspecified atom stereocenters. The largest absolute Gasteiger partial charge is 0.462 e. The molecule has 0 bridgehead atoms. The van der Waals surface area contributed by atoms with Crippen LogP contribution >= 0.6 is 0 Å². The predicted molar refractivity (Wildman–Crippen MR) is 41.0 cm³/mol. The van der Waals surface area contributed by atoms with E-state index in [1.807, 2.05) is 0 Å². The minimum absolute atomic E-state index is 0.0930. The van der Waals surface area contributed by atoms with Crippen LogP contribution in [0.15, 0.2) is 25.3 Å². The van der Waals surface area contributed by atoms with Crippen LogP contribution in [0.4, 0.5) is 0 Å². The van der Waals surface area contributed by atoms with Crippen molar-refractivity contribution in [2.75, 3.05) is 6.61 Å². The predicted octanol–water partition coefficient (Wildman–Crippen LogP) is 0.861. The van der Waals surface area contributed by atoms with Gasteiger partial charge in [-0.15, -0.1) is 0 Å². The summed E-state index contributed by atoms with van der Waals surface area (Å²) in [7, 11) is 0. The van der Waals surface area contributed by atoms with Crippen molar-refractivity contribution >= 4 is 11.8 Å². The van der Waals surface area contributed by atoms with Crippen molar-refractivity contribution in [2.24, 2.45) is 0 Å². The molecule has 0 aromatic carbocycles. The zero-order chi connectivity index (χ0) is 8.69. The molecule has 0 heterocycles. The van der Waals surface area contributed by atoms with E-state index in [4.69, 9.17) is 0 Å². The molecule has 60 valence electrons. The van der Waals surface area contributed by atoms with Gasteiger partial charge in [-0.25, -0.2) is 4.79 Å². The van der Waals surface area contributed by atoms with E-state index in [-0.39, 0.29) is 18.8 Å². The third kappa shape index (κ3) is 5.08. The molecule has 0 aliphatic rings. The molecule has 0 fully saturated rings. The highest BCUT2D eigenvalue weighted by molar-refractivity contribution is 5.89. The molecule has 0 saturated heterocycles. The van der Waals surface area contributed by atoms with Gasteiger partial charge in [0.25, 0.3) is 0 Å². The van der Waals surface area contributed by atoms with Crippen molar-refractivity contribution in [2.45, 2.75) is 6.42 Å². The molecular formula is C8H10O3. The third-order valence-electron chi connectivity index (χ3n) is 0.987. The van der Waals surface area contributed by atoms with Gasteiger partial charge in [0.15, 0.2) is 5.78 Å². The number of rotatable bonds is 5. The average Bonchev–Trinajstić information content (AvgIpc) is 2.04. The Balaban J connectivity index is 3.41. The summed E-state index contributed by atoms with van der Waals surface area (Å²) in [6, 6.07) is 0. The van der Waals surface area contributed by atoms with Gasteiger partial charge < -0.3 is 4.74 Å². The monoisotopic (exact) mass is 154 g/mol. The first kappa shape index (κ1) is 9.62. The van der Waals surface area contributed by atoms with Crippen molar-refractivity contribution in [1.29, 1.82) is 0 Å². The number of ketones is 1. The Bertz CT molecular complexity index is 162. The van der Waals surface area contributed by atoms with Crippen LogP contribution in [0.1, 0.15) is 6.42 Å². The Morgan fingerprint density at radius 3 is 2.36 bits per heavy atom. The van der Waals surface area contributed by atoms with Crippen LogP contribution in [-0.2, 0) is 14.3 Å². The second kappa shape index (κ2) is 5.41. The van der Waals surface area contributed by atoms with E-state index in [1.54, 1.807) is 0 Å². The van der Waals surface area contributed by atoms with Crippen molar-refractivity contribution in [1.82, 2.24) is 0 Å². The molecule has 11 heavy (non-hydrogen) atoms. The van der Waals surface area contributed by atoms with Crippen LogP contribution in [0.3, 0.4) is 0 Å². The lowest BCUT2D eigenvalue weighted by Crippen LogP contribution is -2.05. The lowest BCUT2D eigenvalue weighted by atomic mass is 10.3. The Kier molecular flexibility index (Phi) is 4.73. The van der Waals surface area contributed by atoms with Crippen LogP contribution in [0.5, 0.6) is 0 Å². The molecule has 3 heteroatoms. The zero-order valence-electron chi connectivity index (χ0n) is 6.21. The van der Waals surface area contributed by atoms with E-state index in [0.717, 1.165) is 6.08 Å². The first-order valence-corrected chi connectivity index (χ1v) is 3.15. The third-order valence-corrected chi connectivity index (χ3v) is 0.987. The number of hydrogen-bond acceptors (Lipinski definition) is 3. The molecule has 0 rings (SSSR count). The molecule has 0 aliphatic carbocycles. The smallest absolute Gasteiger partial charge is 0.330 e. The molecule has 0 amide bonds. The summed E-state index contributed by atoms with van der Waals surface area (Å²) in [4.78, 5) is 21.0. The standard InChI is InChI=1S/C8H10O3/c1-3-7(9)5-6-11-8(10)4-2/h3-4H,1-2,5-6H2. The Hall–Kier alpha value is -1.38. The van der Waals surface area contributed by atoms with E-state index in [0.29, 0.717) is 0 Å². The molecule has 3 nitrogen and oxygen atoms in total. The summed E-state index contributed by atoms with van der Waals surface area (Å²) in [6.07, 6.45) is 2.43. The Labute approximate surface area is 65.4 Å². The second-order valence-corrected chi connectivity index (χ2v) is 1.79. The fourth-order valence-corrected chi connectivity index (χ4v) is 0.413. The van der Waals surface area contributed by atoms with Gasteiger partial charge in [-0.05, 0) is 6.08 Å². The number of carbonyl (C=O) groups is 2. The fourth-order valence-electron chi connectivity index (χ4n) is 0.413. The maximum absolute atomic E-state index is 10.5. The van der Waals surface area contributed by atoms with Gasteiger partial charge in [0.2, 0.25) is 0 Å². The minimum Gasteiger partial charge on any atom is -0.462 e. The van der Waals surface area contributed by atoms with Crippen molar-refractivity contribution < 1.29 is 14.3 Å². The van der Waals surface area contributed by atoms with Crippen molar-refractivity contribution in [3.8, 4) is 0 Å². The summed E-state index contributed by atoms with van der Waals surface area (Å²) in [6.45, 7) is 6.56. The molecule has 0 saturated carbocycles. The normalized spacial score (nSPS) is 8.36. The van der Waals surface area contributed by atoms with Crippen LogP contribution in [0, 0.1) is 0 Å². The molecule has 0 aromatic rings. The van der Waals surface area contributed by atoms with Gasteiger partial charge in [-0.2, -0.15) is 0 Å². The van der Waals surface area contributed by atoms with E-state index in [1.165, 1.54) is 6.08 Å². The topological polar surface area (TPSA) is 43.4 Å². The summed E-state index contributed by atoms with van der Waals surface area (Å²) in [5.74, 6) is -0.649. The maximum atomic E-state index is 10.5. The highest BCUT2D eigenvalue weighted by Crippen LogP contribution is 1.87.